The van der Waals surface area contributed by atoms with Crippen molar-refractivity contribution in [1.29, 1.82) is 0 Å². The van der Waals surface area contributed by atoms with Gasteiger partial charge in [0.1, 0.15) is 11.6 Å². The molecule has 3 aromatic rings. The zero-order valence-electron chi connectivity index (χ0n) is 18.2. The van der Waals surface area contributed by atoms with Crippen LogP contribution in [0.4, 0.5) is 11.6 Å². The molecule has 3 heterocycles. The monoisotopic (exact) mass is 406 g/mol. The van der Waals surface area contributed by atoms with Crippen LogP contribution in [0, 0.1) is 5.92 Å². The maximum Gasteiger partial charge on any atom is 0.222 e. The number of carbonyl (C=O) groups is 1. The Morgan fingerprint density at radius 3 is 2.53 bits per heavy atom. The summed E-state index contributed by atoms with van der Waals surface area (Å²) in [6.45, 7) is 11.1. The molecule has 0 radical (unpaired) electrons. The third-order valence-electron chi connectivity index (χ3n) is 5.45. The summed E-state index contributed by atoms with van der Waals surface area (Å²) in [4.78, 5) is 21.4. The van der Waals surface area contributed by atoms with Crippen molar-refractivity contribution in [1.82, 2.24) is 19.7 Å². The lowest BCUT2D eigenvalue weighted by Gasteiger charge is -2.36. The molecule has 1 fully saturated rings. The van der Waals surface area contributed by atoms with Crippen molar-refractivity contribution in [3.63, 3.8) is 0 Å². The molecule has 1 aliphatic rings. The van der Waals surface area contributed by atoms with Gasteiger partial charge >= 0.3 is 0 Å². The van der Waals surface area contributed by atoms with Gasteiger partial charge in [-0.3, -0.25) is 14.4 Å². The normalized spacial score (nSPS) is 15.2. The first kappa shape index (κ1) is 20.3. The Morgan fingerprint density at radius 1 is 1.13 bits per heavy atom. The predicted molar refractivity (Wildman–Crippen MR) is 122 cm³/mol. The van der Waals surface area contributed by atoms with E-state index in [-0.39, 0.29) is 5.91 Å². The van der Waals surface area contributed by atoms with E-state index < -0.39 is 0 Å². The average molecular weight is 407 g/mol. The second kappa shape index (κ2) is 8.44. The number of aromatic nitrogens is 3. The molecule has 30 heavy (non-hydrogen) atoms. The molecule has 1 N–H and O–H groups in total. The molecule has 158 valence electrons. The minimum atomic E-state index is -0.113. The summed E-state index contributed by atoms with van der Waals surface area (Å²) < 4.78 is 1.80. The molecule has 1 saturated heterocycles. The van der Waals surface area contributed by atoms with Gasteiger partial charge in [0.25, 0.3) is 0 Å². The number of hydrogen-bond donors (Lipinski definition) is 1. The number of benzene rings is 1. The first-order valence-electron chi connectivity index (χ1n) is 10.6. The van der Waals surface area contributed by atoms with Crippen LogP contribution in [-0.2, 0) is 11.8 Å². The largest absolute Gasteiger partial charge is 0.353 e. The zero-order chi connectivity index (χ0) is 21.3. The third kappa shape index (κ3) is 4.46. The molecule has 4 rings (SSSR count). The number of nitrogens with one attached hydrogen (secondary N) is 1. The van der Waals surface area contributed by atoms with Crippen molar-refractivity contribution < 1.29 is 4.79 Å². The number of fused-ring (bicyclic) bond motifs is 1. The van der Waals surface area contributed by atoms with Crippen LogP contribution < -0.4 is 10.2 Å². The lowest BCUT2D eigenvalue weighted by atomic mass is 10.0. The number of aryl methyl sites for hydroxylation is 1. The summed E-state index contributed by atoms with van der Waals surface area (Å²) in [5.41, 5.74) is 2.17. The molecule has 1 aromatic carbocycles. The standard InChI is InChI=1S/C23H30N6O/c1-16(2)14-28-7-9-29(10-8-28)23-21-6-5-18(20-13-24-27(4)15-20)11-19(21)12-22(26-23)25-17(3)30/h5-6,11-13,15-16H,7-10,14H2,1-4H3,(H,25,26,30). The number of anilines is 2. The summed E-state index contributed by atoms with van der Waals surface area (Å²) >= 11 is 0. The van der Waals surface area contributed by atoms with Crippen molar-refractivity contribution in [2.24, 2.45) is 13.0 Å². The van der Waals surface area contributed by atoms with E-state index in [1.807, 2.05) is 25.5 Å². The minimum absolute atomic E-state index is 0.113. The maximum absolute atomic E-state index is 11.7. The number of piperazine rings is 1. The van der Waals surface area contributed by atoms with E-state index in [9.17, 15) is 4.79 Å². The fourth-order valence-corrected chi connectivity index (χ4v) is 4.13. The molecule has 2 aromatic heterocycles. The topological polar surface area (TPSA) is 66.3 Å². The Hall–Kier alpha value is -2.93. The fourth-order valence-electron chi connectivity index (χ4n) is 4.13. The van der Waals surface area contributed by atoms with E-state index in [4.69, 9.17) is 4.98 Å². The van der Waals surface area contributed by atoms with E-state index in [0.717, 1.165) is 60.4 Å². The summed E-state index contributed by atoms with van der Waals surface area (Å²) in [7, 11) is 1.92. The summed E-state index contributed by atoms with van der Waals surface area (Å²) in [5, 5.41) is 9.32. The zero-order valence-corrected chi connectivity index (χ0v) is 18.2. The SMILES string of the molecule is CC(=O)Nc1cc2cc(-c3cnn(C)c3)ccc2c(N2CCN(CC(C)C)CC2)n1. The van der Waals surface area contributed by atoms with Gasteiger partial charge < -0.3 is 10.2 Å². The number of carbonyl (C=O) groups excluding carboxylic acids is 1. The molecular weight excluding hydrogens is 376 g/mol. The van der Waals surface area contributed by atoms with E-state index in [1.54, 1.807) is 4.68 Å². The minimum Gasteiger partial charge on any atom is -0.353 e. The van der Waals surface area contributed by atoms with Crippen molar-refractivity contribution in [2.75, 3.05) is 42.9 Å². The van der Waals surface area contributed by atoms with Crippen LogP contribution in [0.2, 0.25) is 0 Å². The fraction of sp³-hybridized carbons (Fsp3) is 0.435. The molecule has 7 heteroatoms. The van der Waals surface area contributed by atoms with Crippen LogP contribution in [0.5, 0.6) is 0 Å². The highest BCUT2D eigenvalue weighted by atomic mass is 16.1. The maximum atomic E-state index is 11.7. The van der Waals surface area contributed by atoms with Crippen LogP contribution in [0.3, 0.4) is 0 Å². The first-order valence-corrected chi connectivity index (χ1v) is 10.6. The van der Waals surface area contributed by atoms with Gasteiger partial charge in [0.05, 0.1) is 6.20 Å². The quantitative estimate of drug-likeness (QED) is 0.704. The molecule has 0 aliphatic carbocycles. The van der Waals surface area contributed by atoms with Gasteiger partial charge in [-0.15, -0.1) is 0 Å². The van der Waals surface area contributed by atoms with E-state index in [0.29, 0.717) is 11.7 Å². The van der Waals surface area contributed by atoms with E-state index >= 15 is 0 Å². The Kier molecular flexibility index (Phi) is 5.72. The third-order valence-corrected chi connectivity index (χ3v) is 5.45. The summed E-state index contributed by atoms with van der Waals surface area (Å²) in [6.07, 6.45) is 3.87. The highest BCUT2D eigenvalue weighted by Crippen LogP contribution is 2.32. The number of rotatable bonds is 5. The van der Waals surface area contributed by atoms with Crippen LogP contribution in [0.1, 0.15) is 20.8 Å². The summed E-state index contributed by atoms with van der Waals surface area (Å²) in [5.74, 6) is 2.10. The highest BCUT2D eigenvalue weighted by molar-refractivity contribution is 5.99. The molecular formula is C23H30N6O. The van der Waals surface area contributed by atoms with Crippen LogP contribution in [0.15, 0.2) is 36.7 Å². The Labute approximate surface area is 177 Å². The first-order chi connectivity index (χ1) is 14.4. The van der Waals surface area contributed by atoms with E-state index in [2.05, 4.69) is 52.3 Å². The van der Waals surface area contributed by atoms with Gasteiger partial charge in [0.15, 0.2) is 0 Å². The molecule has 1 amide bonds. The second-order valence-electron chi connectivity index (χ2n) is 8.53. The molecule has 0 unspecified atom stereocenters. The Balaban J connectivity index is 1.70. The van der Waals surface area contributed by atoms with Crippen molar-refractivity contribution in [3.8, 4) is 11.1 Å². The molecule has 0 bridgehead atoms. The van der Waals surface area contributed by atoms with Crippen LogP contribution >= 0.6 is 0 Å². The molecule has 0 saturated carbocycles. The second-order valence-corrected chi connectivity index (χ2v) is 8.53. The number of hydrogen-bond acceptors (Lipinski definition) is 5. The van der Waals surface area contributed by atoms with Crippen molar-refractivity contribution >= 4 is 28.3 Å². The lowest BCUT2D eigenvalue weighted by molar-refractivity contribution is -0.114. The van der Waals surface area contributed by atoms with Gasteiger partial charge in [-0.2, -0.15) is 5.10 Å². The molecule has 0 spiro atoms. The van der Waals surface area contributed by atoms with Crippen molar-refractivity contribution in [2.45, 2.75) is 20.8 Å². The van der Waals surface area contributed by atoms with Gasteiger partial charge in [0.2, 0.25) is 5.91 Å². The number of pyridine rings is 1. The Morgan fingerprint density at radius 2 is 1.90 bits per heavy atom. The van der Waals surface area contributed by atoms with Gasteiger partial charge in [-0.1, -0.05) is 26.0 Å². The smallest absolute Gasteiger partial charge is 0.222 e. The van der Waals surface area contributed by atoms with Crippen LogP contribution in [-0.4, -0.2) is 58.3 Å². The lowest BCUT2D eigenvalue weighted by Crippen LogP contribution is -2.47. The number of amides is 1. The van der Waals surface area contributed by atoms with Crippen LogP contribution in [0.25, 0.3) is 21.9 Å². The predicted octanol–water partition coefficient (Wildman–Crippen LogP) is 3.37. The van der Waals surface area contributed by atoms with Gasteiger partial charge in [-0.05, 0) is 29.0 Å². The number of nitrogens with zero attached hydrogens (tertiary/aromatic N) is 5. The summed E-state index contributed by atoms with van der Waals surface area (Å²) in [6, 6.07) is 8.36. The molecule has 0 atom stereocenters. The highest BCUT2D eigenvalue weighted by Gasteiger charge is 2.21. The van der Waals surface area contributed by atoms with Crippen molar-refractivity contribution in [3.05, 3.63) is 36.7 Å². The molecule has 7 nitrogen and oxygen atoms in total. The van der Waals surface area contributed by atoms with E-state index in [1.165, 1.54) is 6.92 Å². The molecule has 1 aliphatic heterocycles. The average Bonchev–Trinajstić information content (AvgIpc) is 3.13. The Bertz CT molecular complexity index is 1050. The van der Waals surface area contributed by atoms with Gasteiger partial charge in [-0.25, -0.2) is 4.98 Å². The van der Waals surface area contributed by atoms with Gasteiger partial charge in [0, 0.05) is 63.8 Å².